The van der Waals surface area contributed by atoms with Crippen LogP contribution in [0.3, 0.4) is 0 Å². The zero-order chi connectivity index (χ0) is 7.56. The molecule has 0 saturated carbocycles. The highest BCUT2D eigenvalue weighted by atomic mass is 79.9. The number of carboxylic acid groups (broad SMARTS) is 1. The molecule has 0 spiro atoms. The number of rotatable bonds is 2. The Morgan fingerprint density at radius 1 is 1.70 bits per heavy atom. The highest BCUT2D eigenvalue weighted by Gasteiger charge is 2.10. The minimum atomic E-state index is -0.955. The summed E-state index contributed by atoms with van der Waals surface area (Å²) < 4.78 is 4.69. The molecule has 1 heterocycles. The fourth-order valence-corrected chi connectivity index (χ4v) is 1.05. The normalized spacial score (nSPS) is 9.70. The van der Waals surface area contributed by atoms with Crippen LogP contribution in [0.5, 0.6) is 0 Å². The molecule has 0 radical (unpaired) electrons. The lowest BCUT2D eigenvalue weighted by molar-refractivity contribution is 0.0695. The van der Waals surface area contributed by atoms with Crippen LogP contribution in [-0.4, -0.2) is 11.1 Å². The highest BCUT2D eigenvalue weighted by molar-refractivity contribution is 9.08. The van der Waals surface area contributed by atoms with E-state index in [0.717, 1.165) is 0 Å². The van der Waals surface area contributed by atoms with Gasteiger partial charge in [-0.2, -0.15) is 0 Å². The average Bonchev–Trinajstić information content (AvgIpc) is 2.33. The Labute approximate surface area is 65.8 Å². The van der Waals surface area contributed by atoms with E-state index < -0.39 is 5.97 Å². The SMILES string of the molecule is O=C(O)c1cocc1CBr. The number of carboxylic acids is 1. The summed E-state index contributed by atoms with van der Waals surface area (Å²) >= 11 is 3.13. The van der Waals surface area contributed by atoms with Crippen molar-refractivity contribution in [2.45, 2.75) is 5.33 Å². The number of furan rings is 1. The van der Waals surface area contributed by atoms with Gasteiger partial charge in [0.05, 0.1) is 6.26 Å². The van der Waals surface area contributed by atoms with Crippen molar-refractivity contribution in [3.63, 3.8) is 0 Å². The van der Waals surface area contributed by atoms with Crippen LogP contribution in [0.2, 0.25) is 0 Å². The summed E-state index contributed by atoms with van der Waals surface area (Å²) in [4.78, 5) is 10.4. The molecule has 0 atom stereocenters. The van der Waals surface area contributed by atoms with Gasteiger partial charge in [-0.25, -0.2) is 4.79 Å². The van der Waals surface area contributed by atoms with Crippen LogP contribution in [0.4, 0.5) is 0 Å². The van der Waals surface area contributed by atoms with Crippen molar-refractivity contribution in [2.24, 2.45) is 0 Å². The van der Waals surface area contributed by atoms with E-state index in [4.69, 9.17) is 5.11 Å². The van der Waals surface area contributed by atoms with Gasteiger partial charge in [0.1, 0.15) is 11.8 Å². The number of carbonyl (C=O) groups is 1. The minimum absolute atomic E-state index is 0.219. The topological polar surface area (TPSA) is 50.4 Å². The Morgan fingerprint density at radius 2 is 2.40 bits per heavy atom. The molecule has 1 aromatic rings. The summed E-state index contributed by atoms with van der Waals surface area (Å²) in [5.41, 5.74) is 0.879. The number of hydrogen-bond acceptors (Lipinski definition) is 2. The van der Waals surface area contributed by atoms with Crippen molar-refractivity contribution < 1.29 is 14.3 Å². The van der Waals surface area contributed by atoms with Gasteiger partial charge in [-0.3, -0.25) is 0 Å². The molecule has 0 unspecified atom stereocenters. The second kappa shape index (κ2) is 2.88. The molecule has 1 rings (SSSR count). The molecule has 10 heavy (non-hydrogen) atoms. The van der Waals surface area contributed by atoms with E-state index in [-0.39, 0.29) is 5.56 Å². The standard InChI is InChI=1S/C6H5BrO3/c7-1-4-2-10-3-5(4)6(8)9/h2-3H,1H2,(H,8,9). The zero-order valence-corrected chi connectivity index (χ0v) is 6.59. The summed E-state index contributed by atoms with van der Waals surface area (Å²) in [5, 5.41) is 9.01. The fourth-order valence-electron chi connectivity index (χ4n) is 0.615. The van der Waals surface area contributed by atoms with Crippen molar-refractivity contribution in [2.75, 3.05) is 0 Å². The maximum atomic E-state index is 10.4. The van der Waals surface area contributed by atoms with Crippen molar-refractivity contribution >= 4 is 21.9 Å². The Morgan fingerprint density at radius 3 is 2.80 bits per heavy atom. The monoisotopic (exact) mass is 204 g/mol. The first-order chi connectivity index (χ1) is 4.75. The summed E-state index contributed by atoms with van der Waals surface area (Å²) in [6, 6.07) is 0. The third-order valence-corrected chi connectivity index (χ3v) is 1.72. The van der Waals surface area contributed by atoms with Gasteiger partial charge in [0.15, 0.2) is 0 Å². The van der Waals surface area contributed by atoms with Crippen molar-refractivity contribution in [1.29, 1.82) is 0 Å². The molecule has 0 saturated heterocycles. The van der Waals surface area contributed by atoms with Crippen LogP contribution in [0.1, 0.15) is 15.9 Å². The van der Waals surface area contributed by atoms with Crippen molar-refractivity contribution in [3.8, 4) is 0 Å². The Bertz CT molecular complexity index is 241. The van der Waals surface area contributed by atoms with E-state index in [1.54, 1.807) is 0 Å². The minimum Gasteiger partial charge on any atom is -0.478 e. The summed E-state index contributed by atoms with van der Waals surface area (Å²) in [7, 11) is 0. The summed E-state index contributed by atoms with van der Waals surface area (Å²) in [6.45, 7) is 0. The van der Waals surface area contributed by atoms with Crippen LogP contribution in [0.25, 0.3) is 0 Å². The molecule has 54 valence electrons. The molecular weight excluding hydrogens is 200 g/mol. The lowest BCUT2D eigenvalue weighted by Crippen LogP contribution is -1.96. The molecule has 0 aromatic carbocycles. The smallest absolute Gasteiger partial charge is 0.339 e. The second-order valence-electron chi connectivity index (χ2n) is 1.75. The van der Waals surface area contributed by atoms with Gasteiger partial charge < -0.3 is 9.52 Å². The van der Waals surface area contributed by atoms with Crippen molar-refractivity contribution in [1.82, 2.24) is 0 Å². The van der Waals surface area contributed by atoms with Crippen LogP contribution < -0.4 is 0 Å². The lowest BCUT2D eigenvalue weighted by atomic mass is 10.2. The maximum absolute atomic E-state index is 10.4. The van der Waals surface area contributed by atoms with Gasteiger partial charge in [0, 0.05) is 10.9 Å². The predicted octanol–water partition coefficient (Wildman–Crippen LogP) is 1.87. The largest absolute Gasteiger partial charge is 0.478 e. The number of halogens is 1. The third kappa shape index (κ3) is 1.21. The van der Waals surface area contributed by atoms with Gasteiger partial charge in [0.25, 0.3) is 0 Å². The highest BCUT2D eigenvalue weighted by Crippen LogP contribution is 2.13. The Hall–Kier alpha value is -0.770. The first-order valence-corrected chi connectivity index (χ1v) is 3.72. The van der Waals surface area contributed by atoms with Gasteiger partial charge in [-0.15, -0.1) is 0 Å². The molecule has 0 bridgehead atoms. The Balaban J connectivity index is 3.01. The molecule has 3 nitrogen and oxygen atoms in total. The van der Waals surface area contributed by atoms with Gasteiger partial charge in [0.2, 0.25) is 0 Å². The molecule has 0 aliphatic heterocycles. The molecule has 1 aromatic heterocycles. The van der Waals surface area contributed by atoms with E-state index in [9.17, 15) is 4.79 Å². The van der Waals surface area contributed by atoms with Gasteiger partial charge in [-0.1, -0.05) is 15.9 Å². The molecular formula is C6H5BrO3. The predicted molar refractivity (Wildman–Crippen MR) is 38.3 cm³/mol. The van der Waals surface area contributed by atoms with E-state index in [1.807, 2.05) is 0 Å². The molecule has 0 amide bonds. The quantitative estimate of drug-likeness (QED) is 0.749. The number of aromatic carboxylic acids is 1. The van der Waals surface area contributed by atoms with Gasteiger partial charge in [-0.05, 0) is 0 Å². The van der Waals surface area contributed by atoms with Crippen LogP contribution in [0.15, 0.2) is 16.9 Å². The van der Waals surface area contributed by atoms with Crippen LogP contribution >= 0.6 is 15.9 Å². The van der Waals surface area contributed by atoms with Crippen molar-refractivity contribution in [3.05, 3.63) is 23.7 Å². The third-order valence-electron chi connectivity index (χ3n) is 1.12. The molecule has 4 heteroatoms. The van der Waals surface area contributed by atoms with E-state index in [2.05, 4.69) is 20.3 Å². The van der Waals surface area contributed by atoms with Crippen LogP contribution in [-0.2, 0) is 5.33 Å². The summed E-state index contributed by atoms with van der Waals surface area (Å²) in [5.74, 6) is -0.955. The van der Waals surface area contributed by atoms with E-state index in [1.165, 1.54) is 12.5 Å². The van der Waals surface area contributed by atoms with Crippen LogP contribution in [0, 0.1) is 0 Å². The molecule has 0 fully saturated rings. The van der Waals surface area contributed by atoms with E-state index >= 15 is 0 Å². The number of hydrogen-bond donors (Lipinski definition) is 1. The fraction of sp³-hybridized carbons (Fsp3) is 0.167. The molecule has 0 aliphatic carbocycles. The molecule has 0 aliphatic rings. The van der Waals surface area contributed by atoms with Gasteiger partial charge >= 0.3 is 5.97 Å². The first-order valence-electron chi connectivity index (χ1n) is 2.60. The van der Waals surface area contributed by atoms with E-state index in [0.29, 0.717) is 10.9 Å². The number of alkyl halides is 1. The zero-order valence-electron chi connectivity index (χ0n) is 5.00. The maximum Gasteiger partial charge on any atom is 0.339 e. The lowest BCUT2D eigenvalue weighted by Gasteiger charge is -1.88. The Kier molecular flexibility index (Phi) is 2.11. The second-order valence-corrected chi connectivity index (χ2v) is 2.31. The molecule has 1 N–H and O–H groups in total. The summed E-state index contributed by atoms with van der Waals surface area (Å²) in [6.07, 6.45) is 2.64. The average molecular weight is 205 g/mol. The first kappa shape index (κ1) is 7.34.